The van der Waals surface area contributed by atoms with Gasteiger partial charge in [-0.3, -0.25) is 0 Å². The van der Waals surface area contributed by atoms with Gasteiger partial charge in [0.05, 0.1) is 13.2 Å². The maximum Gasteiger partial charge on any atom is 0.165 e. The van der Waals surface area contributed by atoms with Crippen molar-refractivity contribution in [3.05, 3.63) is 23.8 Å². The van der Waals surface area contributed by atoms with Crippen molar-refractivity contribution in [2.24, 2.45) is 11.7 Å². The number of ether oxygens (including phenoxy) is 2. The summed E-state index contributed by atoms with van der Waals surface area (Å²) < 4.78 is 11.5. The molecule has 0 aliphatic heterocycles. The summed E-state index contributed by atoms with van der Waals surface area (Å²) in [6, 6.07) is 5.88. The number of hydrogen-bond acceptors (Lipinski definition) is 3. The molecule has 1 aromatic carbocycles. The lowest BCUT2D eigenvalue weighted by atomic mass is 10.1. The van der Waals surface area contributed by atoms with Gasteiger partial charge in [0.2, 0.25) is 0 Å². The molecule has 0 saturated carbocycles. The van der Waals surface area contributed by atoms with Crippen molar-refractivity contribution in [3.8, 4) is 11.5 Å². The molecule has 18 heavy (non-hydrogen) atoms. The number of benzene rings is 1. The summed E-state index contributed by atoms with van der Waals surface area (Å²) in [5, 5.41) is 0. The molecule has 0 saturated heterocycles. The predicted molar refractivity (Wildman–Crippen MR) is 75.1 cm³/mol. The van der Waals surface area contributed by atoms with Crippen LogP contribution >= 0.6 is 0 Å². The van der Waals surface area contributed by atoms with E-state index >= 15 is 0 Å². The van der Waals surface area contributed by atoms with Gasteiger partial charge in [0.15, 0.2) is 11.5 Å². The third-order valence-electron chi connectivity index (χ3n) is 2.87. The summed E-state index contributed by atoms with van der Waals surface area (Å²) in [6.45, 7) is 8.18. The Morgan fingerprint density at radius 3 is 2.61 bits per heavy atom. The van der Waals surface area contributed by atoms with Crippen LogP contribution in [0.15, 0.2) is 18.2 Å². The minimum Gasteiger partial charge on any atom is -0.490 e. The summed E-state index contributed by atoms with van der Waals surface area (Å²) in [6.07, 6.45) is 2.36. The Morgan fingerprint density at radius 2 is 2.00 bits per heavy atom. The Balaban J connectivity index is 2.77. The third-order valence-corrected chi connectivity index (χ3v) is 2.87. The Labute approximate surface area is 110 Å². The predicted octanol–water partition coefficient (Wildman–Crippen LogP) is 3.36. The van der Waals surface area contributed by atoms with E-state index in [0.29, 0.717) is 25.7 Å². The van der Waals surface area contributed by atoms with E-state index in [0.717, 1.165) is 17.1 Å². The maximum atomic E-state index is 5.92. The third kappa shape index (κ3) is 4.22. The molecule has 0 aliphatic carbocycles. The Kier molecular flexibility index (Phi) is 6.58. The molecule has 0 spiro atoms. The molecule has 1 rings (SSSR count). The van der Waals surface area contributed by atoms with E-state index in [1.807, 2.05) is 25.1 Å². The van der Waals surface area contributed by atoms with Crippen LogP contribution in [0.2, 0.25) is 0 Å². The molecule has 3 nitrogen and oxygen atoms in total. The lowest BCUT2D eigenvalue weighted by molar-refractivity contribution is 0.232. The van der Waals surface area contributed by atoms with Crippen molar-refractivity contribution in [3.63, 3.8) is 0 Å². The van der Waals surface area contributed by atoms with Crippen molar-refractivity contribution in [2.45, 2.75) is 40.2 Å². The number of hydrogen-bond donors (Lipinski definition) is 1. The summed E-state index contributed by atoms with van der Waals surface area (Å²) in [4.78, 5) is 0. The average molecular weight is 251 g/mol. The van der Waals surface area contributed by atoms with E-state index in [1.165, 1.54) is 12.8 Å². The van der Waals surface area contributed by atoms with Crippen molar-refractivity contribution < 1.29 is 9.47 Å². The first-order valence-electron chi connectivity index (χ1n) is 6.80. The van der Waals surface area contributed by atoms with Gasteiger partial charge in [-0.25, -0.2) is 0 Å². The SMILES string of the molecule is CCCC(C)COc1c(CN)cccc1OCC. The van der Waals surface area contributed by atoms with E-state index in [9.17, 15) is 0 Å². The maximum absolute atomic E-state index is 5.92. The minimum atomic E-state index is 0.471. The lowest BCUT2D eigenvalue weighted by Gasteiger charge is -2.17. The number of nitrogens with two attached hydrogens (primary N) is 1. The first-order valence-corrected chi connectivity index (χ1v) is 6.80. The molecular weight excluding hydrogens is 226 g/mol. The Morgan fingerprint density at radius 1 is 1.22 bits per heavy atom. The second kappa shape index (κ2) is 7.98. The molecule has 0 heterocycles. The van der Waals surface area contributed by atoms with Crippen LogP contribution in [-0.4, -0.2) is 13.2 Å². The van der Waals surface area contributed by atoms with Crippen LogP contribution in [0.1, 0.15) is 39.2 Å². The van der Waals surface area contributed by atoms with Crippen molar-refractivity contribution in [1.82, 2.24) is 0 Å². The van der Waals surface area contributed by atoms with Gasteiger partial charge in [0.1, 0.15) is 0 Å². The van der Waals surface area contributed by atoms with Gasteiger partial charge in [-0.1, -0.05) is 32.4 Å². The van der Waals surface area contributed by atoms with Crippen molar-refractivity contribution >= 4 is 0 Å². The Hall–Kier alpha value is -1.22. The summed E-state index contributed by atoms with van der Waals surface area (Å²) in [5.74, 6) is 2.16. The van der Waals surface area contributed by atoms with E-state index in [-0.39, 0.29) is 0 Å². The van der Waals surface area contributed by atoms with Crippen LogP contribution in [0.3, 0.4) is 0 Å². The molecule has 0 amide bonds. The van der Waals surface area contributed by atoms with E-state index in [2.05, 4.69) is 13.8 Å². The standard InChI is InChI=1S/C15H25NO2/c1-4-7-12(3)11-18-15-13(10-16)8-6-9-14(15)17-5-2/h6,8-9,12H,4-5,7,10-11,16H2,1-3H3. The van der Waals surface area contributed by atoms with Gasteiger partial charge in [-0.05, 0) is 25.3 Å². The monoisotopic (exact) mass is 251 g/mol. The highest BCUT2D eigenvalue weighted by Crippen LogP contribution is 2.31. The fourth-order valence-corrected chi connectivity index (χ4v) is 1.96. The van der Waals surface area contributed by atoms with Crippen LogP contribution in [0.25, 0.3) is 0 Å². The van der Waals surface area contributed by atoms with Gasteiger partial charge in [0.25, 0.3) is 0 Å². The highest BCUT2D eigenvalue weighted by molar-refractivity contribution is 5.46. The van der Waals surface area contributed by atoms with E-state index in [1.54, 1.807) is 0 Å². The largest absolute Gasteiger partial charge is 0.490 e. The first kappa shape index (κ1) is 14.8. The quantitative estimate of drug-likeness (QED) is 0.770. The topological polar surface area (TPSA) is 44.5 Å². The van der Waals surface area contributed by atoms with Gasteiger partial charge in [-0.15, -0.1) is 0 Å². The number of rotatable bonds is 8. The molecule has 0 fully saturated rings. The van der Waals surface area contributed by atoms with Gasteiger partial charge >= 0.3 is 0 Å². The molecule has 0 radical (unpaired) electrons. The minimum absolute atomic E-state index is 0.471. The average Bonchev–Trinajstić information content (AvgIpc) is 2.37. The van der Waals surface area contributed by atoms with Crippen LogP contribution < -0.4 is 15.2 Å². The van der Waals surface area contributed by atoms with Crippen LogP contribution in [0.4, 0.5) is 0 Å². The summed E-state index contributed by atoms with van der Waals surface area (Å²) in [5.41, 5.74) is 6.75. The molecule has 0 bridgehead atoms. The normalized spacial score (nSPS) is 12.2. The summed E-state index contributed by atoms with van der Waals surface area (Å²) in [7, 11) is 0. The second-order valence-corrected chi connectivity index (χ2v) is 4.59. The van der Waals surface area contributed by atoms with Crippen LogP contribution in [0, 0.1) is 5.92 Å². The van der Waals surface area contributed by atoms with E-state index < -0.39 is 0 Å². The van der Waals surface area contributed by atoms with Crippen molar-refractivity contribution in [1.29, 1.82) is 0 Å². The highest BCUT2D eigenvalue weighted by atomic mass is 16.5. The molecule has 2 N–H and O–H groups in total. The molecule has 0 aliphatic rings. The van der Waals surface area contributed by atoms with Gasteiger partial charge in [-0.2, -0.15) is 0 Å². The zero-order valence-electron chi connectivity index (χ0n) is 11.7. The molecule has 1 atom stereocenters. The second-order valence-electron chi connectivity index (χ2n) is 4.59. The van der Waals surface area contributed by atoms with E-state index in [4.69, 9.17) is 15.2 Å². The fourth-order valence-electron chi connectivity index (χ4n) is 1.96. The van der Waals surface area contributed by atoms with Crippen LogP contribution in [-0.2, 0) is 6.54 Å². The molecule has 3 heteroatoms. The molecule has 0 aromatic heterocycles. The molecule has 1 aromatic rings. The van der Waals surface area contributed by atoms with Gasteiger partial charge in [0, 0.05) is 12.1 Å². The smallest absolute Gasteiger partial charge is 0.165 e. The molecule has 1 unspecified atom stereocenters. The van der Waals surface area contributed by atoms with Crippen LogP contribution in [0.5, 0.6) is 11.5 Å². The zero-order chi connectivity index (χ0) is 13.4. The Bertz CT molecular complexity index is 352. The van der Waals surface area contributed by atoms with Gasteiger partial charge < -0.3 is 15.2 Å². The molecule has 102 valence electrons. The number of para-hydroxylation sites is 1. The first-order chi connectivity index (χ1) is 8.72. The van der Waals surface area contributed by atoms with Crippen molar-refractivity contribution in [2.75, 3.05) is 13.2 Å². The molecular formula is C15H25NO2. The zero-order valence-corrected chi connectivity index (χ0v) is 11.7. The lowest BCUT2D eigenvalue weighted by Crippen LogP contribution is -2.11. The summed E-state index contributed by atoms with van der Waals surface area (Å²) >= 11 is 0. The highest BCUT2D eigenvalue weighted by Gasteiger charge is 2.11. The fraction of sp³-hybridized carbons (Fsp3) is 0.600.